The summed E-state index contributed by atoms with van der Waals surface area (Å²) in [4.78, 5) is 0. The van der Waals surface area contributed by atoms with E-state index in [1.54, 1.807) is 6.92 Å². The molecule has 2 aromatic rings. The van der Waals surface area contributed by atoms with Gasteiger partial charge in [0.05, 0.1) is 6.10 Å². The van der Waals surface area contributed by atoms with Crippen molar-refractivity contribution in [3.05, 3.63) is 53.6 Å². The van der Waals surface area contributed by atoms with Crippen LogP contribution in [0.5, 0.6) is 5.75 Å². The van der Waals surface area contributed by atoms with Gasteiger partial charge in [-0.2, -0.15) is 0 Å². The maximum atomic E-state index is 9.79. The van der Waals surface area contributed by atoms with Crippen molar-refractivity contribution in [1.82, 2.24) is 0 Å². The first-order chi connectivity index (χ1) is 8.59. The molecule has 0 aliphatic heterocycles. The summed E-state index contributed by atoms with van der Waals surface area (Å²) in [7, 11) is 0. The quantitative estimate of drug-likeness (QED) is 0.902. The zero-order valence-electron chi connectivity index (χ0n) is 10.2. The minimum atomic E-state index is -0.590. The first-order valence-corrected chi connectivity index (χ1v) is 6.13. The summed E-state index contributed by atoms with van der Waals surface area (Å²) in [5, 5.41) is 12.3. The van der Waals surface area contributed by atoms with Gasteiger partial charge in [0.15, 0.2) is 0 Å². The predicted octanol–water partition coefficient (Wildman–Crippen LogP) is 4.02. The molecule has 0 unspecified atom stereocenters. The van der Waals surface area contributed by atoms with Gasteiger partial charge in [0.25, 0.3) is 0 Å². The Labute approximate surface area is 111 Å². The minimum Gasteiger partial charge on any atom is -0.487 e. The van der Waals surface area contributed by atoms with E-state index in [0.29, 0.717) is 10.8 Å². The molecule has 0 radical (unpaired) electrons. The van der Waals surface area contributed by atoms with Gasteiger partial charge in [-0.1, -0.05) is 54.6 Å². The van der Waals surface area contributed by atoms with Crippen molar-refractivity contribution in [3.63, 3.8) is 0 Å². The molecule has 0 saturated carbocycles. The first-order valence-electron chi connectivity index (χ1n) is 5.75. The zero-order chi connectivity index (χ0) is 13.1. The van der Waals surface area contributed by atoms with E-state index in [1.165, 1.54) is 0 Å². The molecule has 2 rings (SSSR count). The molecule has 0 fully saturated rings. The topological polar surface area (TPSA) is 29.5 Å². The van der Waals surface area contributed by atoms with E-state index in [1.807, 2.05) is 36.4 Å². The summed E-state index contributed by atoms with van der Waals surface area (Å²) < 4.78 is 5.68. The summed E-state index contributed by atoms with van der Waals surface area (Å²) in [6.45, 7) is 5.55. The fourth-order valence-corrected chi connectivity index (χ4v) is 1.95. The van der Waals surface area contributed by atoms with Gasteiger partial charge in [-0.05, 0) is 12.3 Å². The monoisotopic (exact) mass is 262 g/mol. The molecule has 0 aliphatic carbocycles. The summed E-state index contributed by atoms with van der Waals surface area (Å²) >= 11 is 5.73. The maximum absolute atomic E-state index is 9.79. The average Bonchev–Trinajstić information content (AvgIpc) is 2.35. The highest BCUT2D eigenvalue weighted by atomic mass is 35.5. The van der Waals surface area contributed by atoms with Gasteiger partial charge in [-0.25, -0.2) is 0 Å². The lowest BCUT2D eigenvalue weighted by Gasteiger charge is -2.15. The van der Waals surface area contributed by atoms with Gasteiger partial charge in [-0.15, -0.1) is 0 Å². The van der Waals surface area contributed by atoms with Gasteiger partial charge < -0.3 is 9.84 Å². The molecule has 94 valence electrons. The van der Waals surface area contributed by atoms with E-state index in [9.17, 15) is 5.11 Å². The highest BCUT2D eigenvalue weighted by Gasteiger charge is 2.13. The molecule has 18 heavy (non-hydrogen) atoms. The number of benzene rings is 2. The lowest BCUT2D eigenvalue weighted by Crippen LogP contribution is -2.02. The molecule has 0 aromatic heterocycles. The van der Waals surface area contributed by atoms with Crippen molar-refractivity contribution in [1.29, 1.82) is 0 Å². The lowest BCUT2D eigenvalue weighted by atomic mass is 10.0. The molecule has 2 nitrogen and oxygen atoms in total. The van der Waals surface area contributed by atoms with Gasteiger partial charge >= 0.3 is 0 Å². The largest absolute Gasteiger partial charge is 0.487 e. The number of hydrogen-bond donors (Lipinski definition) is 1. The third kappa shape index (κ3) is 2.66. The molecule has 0 saturated heterocycles. The van der Waals surface area contributed by atoms with Crippen LogP contribution in [0.1, 0.15) is 18.6 Å². The van der Waals surface area contributed by atoms with Crippen LogP contribution in [0.2, 0.25) is 0 Å². The Hall–Kier alpha value is -1.51. The predicted molar refractivity (Wildman–Crippen MR) is 75.1 cm³/mol. The molecular weight excluding hydrogens is 248 g/mol. The second kappa shape index (κ2) is 5.42. The highest BCUT2D eigenvalue weighted by molar-refractivity contribution is 6.29. The molecule has 3 heteroatoms. The fraction of sp³-hybridized carbons (Fsp3) is 0.200. The lowest BCUT2D eigenvalue weighted by molar-refractivity contribution is 0.193. The Morgan fingerprint density at radius 2 is 2.06 bits per heavy atom. The summed E-state index contributed by atoms with van der Waals surface area (Å²) in [6, 6.07) is 11.7. The third-order valence-electron chi connectivity index (χ3n) is 2.73. The van der Waals surface area contributed by atoms with Crippen LogP contribution in [-0.2, 0) is 0 Å². The maximum Gasteiger partial charge on any atom is 0.133 e. The number of aliphatic hydroxyl groups is 1. The van der Waals surface area contributed by atoms with Crippen molar-refractivity contribution in [2.45, 2.75) is 13.0 Å². The SMILES string of the molecule is C=C(Cl)COc1c([C@@H](C)O)ccc2ccccc12. The van der Waals surface area contributed by atoms with E-state index < -0.39 is 6.10 Å². The van der Waals surface area contributed by atoms with Crippen molar-refractivity contribution in [2.24, 2.45) is 0 Å². The number of aliphatic hydroxyl groups excluding tert-OH is 1. The highest BCUT2D eigenvalue weighted by Crippen LogP contribution is 2.33. The number of hydrogen-bond acceptors (Lipinski definition) is 2. The Balaban J connectivity index is 2.55. The molecule has 1 N–H and O–H groups in total. The first kappa shape index (κ1) is 12.9. The zero-order valence-corrected chi connectivity index (χ0v) is 10.9. The molecule has 0 amide bonds. The Kier molecular flexibility index (Phi) is 3.90. The standard InChI is InChI=1S/C15H15ClO2/c1-10(16)9-18-15-13(11(2)17)8-7-12-5-3-4-6-14(12)15/h3-8,11,17H,1,9H2,2H3/t11-/m1/s1. The van der Waals surface area contributed by atoms with Crippen LogP contribution in [0.3, 0.4) is 0 Å². The van der Waals surface area contributed by atoms with Crippen LogP contribution >= 0.6 is 11.6 Å². The molecular formula is C15H15ClO2. The summed E-state index contributed by atoms with van der Waals surface area (Å²) in [5.41, 5.74) is 0.756. The smallest absolute Gasteiger partial charge is 0.133 e. The normalized spacial score (nSPS) is 12.4. The van der Waals surface area contributed by atoms with Crippen LogP contribution in [0.4, 0.5) is 0 Å². The fourth-order valence-electron chi connectivity index (χ4n) is 1.90. The second-order valence-corrected chi connectivity index (χ2v) is 4.72. The summed E-state index contributed by atoms with van der Waals surface area (Å²) in [5.74, 6) is 0.671. The van der Waals surface area contributed by atoms with E-state index in [4.69, 9.17) is 16.3 Å². The van der Waals surface area contributed by atoms with Crippen molar-refractivity contribution in [2.75, 3.05) is 6.61 Å². The third-order valence-corrected chi connectivity index (χ3v) is 2.84. The van der Waals surface area contributed by atoms with Crippen molar-refractivity contribution < 1.29 is 9.84 Å². The van der Waals surface area contributed by atoms with Gasteiger partial charge in [-0.3, -0.25) is 0 Å². The average molecular weight is 263 g/mol. The second-order valence-electron chi connectivity index (χ2n) is 4.19. The van der Waals surface area contributed by atoms with Crippen LogP contribution in [0.15, 0.2) is 48.0 Å². The molecule has 0 heterocycles. The van der Waals surface area contributed by atoms with Crippen molar-refractivity contribution >= 4 is 22.4 Å². The van der Waals surface area contributed by atoms with Crippen LogP contribution in [0, 0.1) is 0 Å². The number of fused-ring (bicyclic) bond motifs is 1. The van der Waals surface area contributed by atoms with Gasteiger partial charge in [0, 0.05) is 16.0 Å². The van der Waals surface area contributed by atoms with Crippen LogP contribution < -0.4 is 4.74 Å². The molecule has 2 aromatic carbocycles. The van der Waals surface area contributed by atoms with Crippen molar-refractivity contribution in [3.8, 4) is 5.75 Å². The van der Waals surface area contributed by atoms with Crippen LogP contribution in [-0.4, -0.2) is 11.7 Å². The minimum absolute atomic E-state index is 0.231. The number of ether oxygens (including phenoxy) is 1. The Morgan fingerprint density at radius 1 is 1.33 bits per heavy atom. The van der Waals surface area contributed by atoms with E-state index >= 15 is 0 Å². The van der Waals surface area contributed by atoms with Gasteiger partial charge in [0.1, 0.15) is 12.4 Å². The number of halogens is 1. The molecule has 0 aliphatic rings. The van der Waals surface area contributed by atoms with Gasteiger partial charge in [0.2, 0.25) is 0 Å². The van der Waals surface area contributed by atoms with E-state index in [-0.39, 0.29) is 6.61 Å². The number of rotatable bonds is 4. The van der Waals surface area contributed by atoms with Crippen LogP contribution in [0.25, 0.3) is 10.8 Å². The molecule has 0 bridgehead atoms. The Morgan fingerprint density at radius 3 is 2.72 bits per heavy atom. The van der Waals surface area contributed by atoms with E-state index in [0.717, 1.165) is 16.3 Å². The molecule has 1 atom stereocenters. The Bertz CT molecular complexity index is 576. The molecule has 0 spiro atoms. The van der Waals surface area contributed by atoms with E-state index in [2.05, 4.69) is 6.58 Å². The summed E-state index contributed by atoms with van der Waals surface area (Å²) in [6.07, 6.45) is -0.590.